The molecule has 0 radical (unpaired) electrons. The number of halogens is 1. The highest BCUT2D eigenvalue weighted by atomic mass is 32.2. The summed E-state index contributed by atoms with van der Waals surface area (Å²) in [6, 6.07) is 28.6. The van der Waals surface area contributed by atoms with Crippen molar-refractivity contribution in [3.05, 3.63) is 130 Å². The van der Waals surface area contributed by atoms with Gasteiger partial charge in [-0.2, -0.15) is 0 Å². The van der Waals surface area contributed by atoms with E-state index in [4.69, 9.17) is 4.43 Å². The molecule has 3 aromatic carbocycles. The average molecular weight is 644 g/mol. The number of thiophene rings is 1. The van der Waals surface area contributed by atoms with Gasteiger partial charge in [0.25, 0.3) is 13.9 Å². The minimum absolute atomic E-state index is 0.0250. The van der Waals surface area contributed by atoms with Gasteiger partial charge in [0.2, 0.25) is 0 Å². The number of benzene rings is 3. The second-order valence-corrected chi connectivity index (χ2v) is 19.8. The summed E-state index contributed by atoms with van der Waals surface area (Å²) in [5.74, 6) is -1.17. The number of fused-ring (bicyclic) bond motifs is 1. The number of hydrogen-bond acceptors (Lipinski definition) is 5. The lowest BCUT2D eigenvalue weighted by Crippen LogP contribution is -2.67. The van der Waals surface area contributed by atoms with E-state index in [-0.39, 0.29) is 31.9 Å². The summed E-state index contributed by atoms with van der Waals surface area (Å²) in [5.41, 5.74) is 0.647. The fourth-order valence-corrected chi connectivity index (χ4v) is 13.7. The summed E-state index contributed by atoms with van der Waals surface area (Å²) in [4.78, 5) is 15.6. The quantitative estimate of drug-likeness (QED) is 0.188. The van der Waals surface area contributed by atoms with Gasteiger partial charge in [0, 0.05) is 22.0 Å². The molecule has 0 bridgehead atoms. The number of pyridine rings is 1. The molecular weight excluding hydrogens is 610 g/mol. The molecule has 2 heterocycles. The minimum atomic E-state index is -3.85. The summed E-state index contributed by atoms with van der Waals surface area (Å²) in [6.07, 6.45) is 4.95. The zero-order chi connectivity index (χ0) is 31.1. The normalized spacial score (nSPS) is 15.9. The summed E-state index contributed by atoms with van der Waals surface area (Å²) < 4.78 is 49.1. The number of aromatic amines is 1. The molecule has 1 aliphatic rings. The van der Waals surface area contributed by atoms with Gasteiger partial charge in [0.05, 0.1) is 11.9 Å². The van der Waals surface area contributed by atoms with Crippen LogP contribution in [0.1, 0.15) is 44.1 Å². The largest absolute Gasteiger partial charge is 0.404 e. The number of rotatable bonds is 8. The molecule has 0 spiro atoms. The molecule has 1 N–H and O–H groups in total. The van der Waals surface area contributed by atoms with Gasteiger partial charge in [-0.25, -0.2) is 12.8 Å². The van der Waals surface area contributed by atoms with Gasteiger partial charge >= 0.3 is 0 Å². The van der Waals surface area contributed by atoms with E-state index in [0.717, 1.165) is 16.9 Å². The third-order valence-electron chi connectivity index (χ3n) is 8.33. The smallest absolute Gasteiger partial charge is 0.261 e. The molecule has 44 heavy (non-hydrogen) atoms. The molecule has 2 aromatic heterocycles. The van der Waals surface area contributed by atoms with E-state index >= 15 is 0 Å². The summed E-state index contributed by atoms with van der Waals surface area (Å²) >= 11 is 1.20. The Labute approximate surface area is 262 Å². The van der Waals surface area contributed by atoms with E-state index in [1.54, 1.807) is 12.1 Å². The molecule has 0 saturated heterocycles. The van der Waals surface area contributed by atoms with Crippen LogP contribution in [-0.2, 0) is 20.0 Å². The topological polar surface area (TPSA) is 76.2 Å². The van der Waals surface area contributed by atoms with Gasteiger partial charge in [0.1, 0.15) is 10.0 Å². The van der Waals surface area contributed by atoms with Gasteiger partial charge in [-0.3, -0.25) is 4.79 Å². The fraction of sp³-hybridized carbons (Fsp3) is 0.229. The van der Waals surface area contributed by atoms with Crippen molar-refractivity contribution in [3.63, 3.8) is 0 Å². The van der Waals surface area contributed by atoms with Crippen LogP contribution < -0.4 is 15.9 Å². The van der Waals surface area contributed by atoms with Crippen molar-refractivity contribution in [2.75, 3.05) is 0 Å². The number of sulfone groups is 1. The first-order valence-corrected chi connectivity index (χ1v) is 19.0. The Morgan fingerprint density at radius 1 is 0.955 bits per heavy atom. The number of aromatic nitrogens is 1. The molecule has 9 heteroatoms. The van der Waals surface area contributed by atoms with Crippen molar-refractivity contribution in [2.24, 2.45) is 0 Å². The zero-order valence-corrected chi connectivity index (χ0v) is 27.5. The Hall–Kier alpha value is -3.63. The van der Waals surface area contributed by atoms with Gasteiger partial charge in [-0.15, -0.1) is 11.3 Å². The molecule has 0 aliphatic heterocycles. The van der Waals surface area contributed by atoms with E-state index in [1.165, 1.54) is 40.0 Å². The standard InChI is InChI=1S/C35H34FNO4S2Si/c1-35(2,3)44(28-10-6-4-7-11-28,29-12-8-5-9-13-29)41-27-15-14-25(20-27)32-16-17-33(42-32)43(39,40)23-26-21-30-24(22-31(26)36)18-19-37-34(30)38/h4-14,16-19,21-22,27H,15,20,23H2,1-3H3,(H,37,38). The third-order valence-corrected chi connectivity index (χ3v) is 16.8. The zero-order valence-electron chi connectivity index (χ0n) is 24.8. The first kappa shape index (κ1) is 30.4. The van der Waals surface area contributed by atoms with Crippen LogP contribution in [0.25, 0.3) is 16.3 Å². The van der Waals surface area contributed by atoms with Crippen LogP contribution in [0.2, 0.25) is 5.04 Å². The molecule has 5 nitrogen and oxygen atoms in total. The first-order valence-electron chi connectivity index (χ1n) is 14.6. The Morgan fingerprint density at radius 2 is 1.61 bits per heavy atom. The van der Waals surface area contributed by atoms with E-state index in [0.29, 0.717) is 11.8 Å². The summed E-state index contributed by atoms with van der Waals surface area (Å²) in [6.45, 7) is 6.77. The molecular formula is C35H34FNO4S2Si. The Balaban J connectivity index is 1.25. The fourth-order valence-electron chi connectivity index (χ4n) is 6.22. The third kappa shape index (κ3) is 5.65. The maximum Gasteiger partial charge on any atom is 0.261 e. The van der Waals surface area contributed by atoms with Crippen LogP contribution in [0.4, 0.5) is 4.39 Å². The van der Waals surface area contributed by atoms with Crippen LogP contribution >= 0.6 is 11.3 Å². The molecule has 226 valence electrons. The van der Waals surface area contributed by atoms with Crippen molar-refractivity contribution in [1.82, 2.24) is 4.98 Å². The van der Waals surface area contributed by atoms with Crippen molar-refractivity contribution < 1.29 is 17.2 Å². The highest BCUT2D eigenvalue weighted by Gasteiger charge is 2.51. The lowest BCUT2D eigenvalue weighted by Gasteiger charge is -2.44. The van der Waals surface area contributed by atoms with Gasteiger partial charge in [-0.1, -0.05) is 87.5 Å². The molecule has 0 fully saturated rings. The average Bonchev–Trinajstić information content (AvgIpc) is 3.68. The minimum Gasteiger partial charge on any atom is -0.404 e. The molecule has 0 saturated carbocycles. The first-order chi connectivity index (χ1) is 21.0. The van der Waals surface area contributed by atoms with Gasteiger partial charge in [0.15, 0.2) is 9.84 Å². The molecule has 1 atom stereocenters. The number of H-pyrrole nitrogens is 1. The number of hydrogen-bond donors (Lipinski definition) is 1. The Bertz CT molecular complexity index is 1970. The predicted octanol–water partition coefficient (Wildman–Crippen LogP) is 6.83. The van der Waals surface area contributed by atoms with E-state index < -0.39 is 29.7 Å². The summed E-state index contributed by atoms with van der Waals surface area (Å²) in [7, 11) is -6.57. The molecule has 1 unspecified atom stereocenters. The summed E-state index contributed by atoms with van der Waals surface area (Å²) in [5, 5.41) is 2.98. The Morgan fingerprint density at radius 3 is 2.25 bits per heavy atom. The van der Waals surface area contributed by atoms with Crippen molar-refractivity contribution in [2.45, 2.75) is 54.7 Å². The second-order valence-electron chi connectivity index (χ2n) is 12.3. The van der Waals surface area contributed by atoms with Crippen molar-refractivity contribution in [1.29, 1.82) is 0 Å². The highest BCUT2D eigenvalue weighted by molar-refractivity contribution is 7.92. The number of nitrogens with one attached hydrogen (secondary N) is 1. The van der Waals surface area contributed by atoms with Crippen LogP contribution in [-0.4, -0.2) is 27.8 Å². The molecule has 5 aromatic rings. The highest BCUT2D eigenvalue weighted by Crippen LogP contribution is 2.42. The van der Waals surface area contributed by atoms with Crippen LogP contribution in [0.3, 0.4) is 0 Å². The SMILES string of the molecule is CC(C)(C)[Si](OC1CC=C(c2ccc(S(=O)(=O)Cc3cc4c(=O)[nH]ccc4cc3F)s2)C1)(c1ccccc1)c1ccccc1. The molecule has 0 amide bonds. The van der Waals surface area contributed by atoms with Crippen molar-refractivity contribution >= 4 is 56.2 Å². The van der Waals surface area contributed by atoms with Gasteiger partial charge in [-0.05, 0) is 69.5 Å². The van der Waals surface area contributed by atoms with E-state index in [2.05, 4.69) is 80.4 Å². The lowest BCUT2D eigenvalue weighted by atomic mass is 10.1. The lowest BCUT2D eigenvalue weighted by molar-refractivity contribution is 0.202. The molecule has 1 aliphatic carbocycles. The molecule has 6 rings (SSSR count). The van der Waals surface area contributed by atoms with Crippen molar-refractivity contribution in [3.8, 4) is 0 Å². The van der Waals surface area contributed by atoms with E-state index in [1.807, 2.05) is 18.2 Å². The maximum absolute atomic E-state index is 14.9. The maximum atomic E-state index is 14.9. The second kappa shape index (κ2) is 11.7. The monoisotopic (exact) mass is 643 g/mol. The van der Waals surface area contributed by atoms with Crippen LogP contribution in [0.5, 0.6) is 0 Å². The predicted molar refractivity (Wildman–Crippen MR) is 179 cm³/mol. The Kier molecular flexibility index (Phi) is 8.08. The van der Waals surface area contributed by atoms with Gasteiger partial charge < -0.3 is 9.41 Å². The van der Waals surface area contributed by atoms with Crippen LogP contribution in [0.15, 0.2) is 112 Å². The van der Waals surface area contributed by atoms with Crippen LogP contribution in [0, 0.1) is 5.82 Å². The van der Waals surface area contributed by atoms with E-state index in [9.17, 15) is 17.6 Å².